The molecule has 0 bridgehead atoms. The van der Waals surface area contributed by atoms with E-state index in [2.05, 4.69) is 0 Å². The van der Waals surface area contributed by atoms with E-state index in [-0.39, 0.29) is 12.6 Å². The molecule has 2 heteroatoms. The molecule has 0 aliphatic heterocycles. The zero-order chi connectivity index (χ0) is 7.40. The lowest BCUT2D eigenvalue weighted by Gasteiger charge is -2.31. The summed E-state index contributed by atoms with van der Waals surface area (Å²) in [5, 5.41) is 0. The average molecular weight is 145 g/mol. The molecule has 0 radical (unpaired) electrons. The van der Waals surface area contributed by atoms with Crippen LogP contribution in [-0.2, 0) is 0 Å². The van der Waals surface area contributed by atoms with E-state index in [1.807, 2.05) is 0 Å². The van der Waals surface area contributed by atoms with Crippen molar-refractivity contribution >= 4 is 0 Å². The lowest BCUT2D eigenvalue weighted by Crippen LogP contribution is -2.25. The number of halogens is 1. The molecule has 0 aromatic carbocycles. The Bertz CT molecular complexity index is 91.3. The molecule has 0 aromatic heterocycles. The average Bonchev–Trinajstić information content (AvgIpc) is 1.83. The minimum absolute atomic E-state index is 0.165. The monoisotopic (exact) mass is 145 g/mol. The van der Waals surface area contributed by atoms with Crippen LogP contribution in [0.15, 0.2) is 0 Å². The number of hydrogen-bond donors (Lipinski definition) is 1. The summed E-state index contributed by atoms with van der Waals surface area (Å²) >= 11 is 0. The molecule has 60 valence electrons. The largest absolute Gasteiger partial charge is 0.330 e. The molecular weight excluding hydrogens is 129 g/mol. The predicted octanol–water partition coefficient (Wildman–Crippen LogP) is 1.72. The van der Waals surface area contributed by atoms with Crippen molar-refractivity contribution in [3.8, 4) is 0 Å². The van der Waals surface area contributed by atoms with E-state index in [4.69, 9.17) is 5.73 Å². The van der Waals surface area contributed by atoms with Gasteiger partial charge in [0.2, 0.25) is 0 Å². The van der Waals surface area contributed by atoms with Gasteiger partial charge in [0.05, 0.1) is 6.67 Å². The van der Waals surface area contributed by atoms with Crippen LogP contribution in [0.5, 0.6) is 0 Å². The topological polar surface area (TPSA) is 26.0 Å². The number of nitrogens with two attached hydrogens (primary N) is 1. The van der Waals surface area contributed by atoms with Crippen LogP contribution >= 0.6 is 0 Å². The molecule has 2 N–H and O–H groups in total. The zero-order valence-electron chi connectivity index (χ0n) is 6.35. The number of hydrogen-bond acceptors (Lipinski definition) is 1. The third-order valence-corrected chi connectivity index (χ3v) is 2.55. The van der Waals surface area contributed by atoms with E-state index >= 15 is 0 Å². The van der Waals surface area contributed by atoms with Gasteiger partial charge < -0.3 is 5.73 Å². The molecule has 1 aliphatic rings. The molecule has 0 heterocycles. The Morgan fingerprint density at radius 1 is 1.50 bits per heavy atom. The van der Waals surface area contributed by atoms with Gasteiger partial charge in [-0.25, -0.2) is 0 Å². The second kappa shape index (κ2) is 3.91. The first-order valence-corrected chi connectivity index (χ1v) is 4.14. The van der Waals surface area contributed by atoms with Gasteiger partial charge in [0.1, 0.15) is 0 Å². The van der Waals surface area contributed by atoms with Gasteiger partial charge in [-0.3, -0.25) is 4.39 Å². The maximum Gasteiger partial charge on any atom is 0.0925 e. The Hall–Kier alpha value is -0.110. The number of rotatable bonds is 4. The minimum atomic E-state index is -0.165. The van der Waals surface area contributed by atoms with Gasteiger partial charge in [-0.15, -0.1) is 0 Å². The second-order valence-corrected chi connectivity index (χ2v) is 3.18. The Kier molecular flexibility index (Phi) is 3.13. The molecule has 1 atom stereocenters. The SMILES string of the molecule is NCCC(CF)C1CCC1. The van der Waals surface area contributed by atoms with Crippen molar-refractivity contribution in [1.82, 2.24) is 0 Å². The van der Waals surface area contributed by atoms with E-state index in [1.54, 1.807) is 0 Å². The van der Waals surface area contributed by atoms with E-state index in [0.717, 1.165) is 6.42 Å². The molecule has 1 aliphatic carbocycles. The van der Waals surface area contributed by atoms with Crippen LogP contribution in [0.3, 0.4) is 0 Å². The summed E-state index contributed by atoms with van der Waals surface area (Å²) in [6.45, 7) is 0.479. The summed E-state index contributed by atoms with van der Waals surface area (Å²) in [4.78, 5) is 0. The second-order valence-electron chi connectivity index (χ2n) is 3.18. The van der Waals surface area contributed by atoms with Crippen molar-refractivity contribution in [2.24, 2.45) is 17.6 Å². The maximum absolute atomic E-state index is 12.3. The van der Waals surface area contributed by atoms with Gasteiger partial charge in [0.25, 0.3) is 0 Å². The zero-order valence-corrected chi connectivity index (χ0v) is 6.35. The Labute approximate surface area is 61.8 Å². The molecule has 10 heavy (non-hydrogen) atoms. The Balaban J connectivity index is 2.17. The highest BCUT2D eigenvalue weighted by Gasteiger charge is 2.26. The lowest BCUT2D eigenvalue weighted by atomic mass is 9.75. The summed E-state index contributed by atoms with van der Waals surface area (Å²) < 4.78 is 12.3. The fraction of sp³-hybridized carbons (Fsp3) is 1.00. The van der Waals surface area contributed by atoms with Crippen molar-refractivity contribution < 1.29 is 4.39 Å². The molecular formula is C8H16FN. The van der Waals surface area contributed by atoms with Crippen molar-refractivity contribution in [3.63, 3.8) is 0 Å². The minimum Gasteiger partial charge on any atom is -0.330 e. The normalized spacial score (nSPS) is 22.2. The summed E-state index contributed by atoms with van der Waals surface area (Å²) in [5.74, 6) is 0.937. The predicted molar refractivity (Wildman–Crippen MR) is 40.5 cm³/mol. The standard InChI is InChI=1S/C8H16FN/c9-6-8(4-5-10)7-2-1-3-7/h7-8H,1-6,10H2. The maximum atomic E-state index is 12.3. The van der Waals surface area contributed by atoms with E-state index in [1.165, 1.54) is 19.3 Å². The number of alkyl halides is 1. The van der Waals surface area contributed by atoms with E-state index < -0.39 is 0 Å². The fourth-order valence-corrected chi connectivity index (χ4v) is 1.56. The van der Waals surface area contributed by atoms with Gasteiger partial charge in [-0.05, 0) is 24.8 Å². The van der Waals surface area contributed by atoms with Crippen LogP contribution in [0.1, 0.15) is 25.7 Å². The van der Waals surface area contributed by atoms with Gasteiger partial charge >= 0.3 is 0 Å². The van der Waals surface area contributed by atoms with Gasteiger partial charge in [-0.1, -0.05) is 19.3 Å². The van der Waals surface area contributed by atoms with E-state index in [0.29, 0.717) is 12.5 Å². The molecule has 1 unspecified atom stereocenters. The van der Waals surface area contributed by atoms with Crippen LogP contribution in [-0.4, -0.2) is 13.2 Å². The Morgan fingerprint density at radius 3 is 2.50 bits per heavy atom. The molecule has 0 saturated heterocycles. The molecule has 1 nitrogen and oxygen atoms in total. The summed E-state index contributed by atoms with van der Waals surface area (Å²) in [7, 11) is 0. The van der Waals surface area contributed by atoms with Crippen molar-refractivity contribution in [2.75, 3.05) is 13.2 Å². The first-order valence-electron chi connectivity index (χ1n) is 4.14. The van der Waals surface area contributed by atoms with Crippen molar-refractivity contribution in [1.29, 1.82) is 0 Å². The summed E-state index contributed by atoms with van der Waals surface area (Å²) in [6.07, 6.45) is 4.63. The highest BCUT2D eigenvalue weighted by atomic mass is 19.1. The quantitative estimate of drug-likeness (QED) is 0.640. The smallest absolute Gasteiger partial charge is 0.0925 e. The van der Waals surface area contributed by atoms with Crippen LogP contribution in [0.25, 0.3) is 0 Å². The highest BCUT2D eigenvalue weighted by Crippen LogP contribution is 2.34. The fourth-order valence-electron chi connectivity index (χ4n) is 1.56. The lowest BCUT2D eigenvalue weighted by molar-refractivity contribution is 0.164. The van der Waals surface area contributed by atoms with Gasteiger partial charge in [0, 0.05) is 0 Å². The van der Waals surface area contributed by atoms with Crippen molar-refractivity contribution in [2.45, 2.75) is 25.7 Å². The molecule has 0 amide bonds. The molecule has 1 fully saturated rings. The van der Waals surface area contributed by atoms with Crippen molar-refractivity contribution in [3.05, 3.63) is 0 Å². The van der Waals surface area contributed by atoms with Crippen LogP contribution in [0, 0.1) is 11.8 Å². The Morgan fingerprint density at radius 2 is 2.20 bits per heavy atom. The molecule has 0 aromatic rings. The van der Waals surface area contributed by atoms with Crippen LogP contribution in [0.2, 0.25) is 0 Å². The van der Waals surface area contributed by atoms with Gasteiger partial charge in [0.15, 0.2) is 0 Å². The van der Waals surface area contributed by atoms with Gasteiger partial charge in [-0.2, -0.15) is 0 Å². The summed E-state index contributed by atoms with van der Waals surface area (Å²) in [6, 6.07) is 0. The molecule has 1 saturated carbocycles. The third-order valence-electron chi connectivity index (χ3n) is 2.55. The molecule has 1 rings (SSSR count). The first-order chi connectivity index (χ1) is 4.88. The molecule has 0 spiro atoms. The third kappa shape index (κ3) is 1.69. The first kappa shape index (κ1) is 7.99. The van der Waals surface area contributed by atoms with Crippen LogP contribution < -0.4 is 5.73 Å². The summed E-state index contributed by atoms with van der Waals surface area (Å²) in [5.41, 5.74) is 5.35. The van der Waals surface area contributed by atoms with E-state index in [9.17, 15) is 4.39 Å². The highest BCUT2D eigenvalue weighted by molar-refractivity contribution is 4.77. The van der Waals surface area contributed by atoms with Crippen LogP contribution in [0.4, 0.5) is 4.39 Å².